The standard InChI is InChI=1S/C17H22N4O3/c1-12-4-6-15(24-12)14-11-23-9-8-21(14)17(22)19-13-5-7-16(18-10-13)20(2)3/h4-7,10,14H,8-9,11H2,1-3H3,(H,19,22). The largest absolute Gasteiger partial charge is 0.464 e. The predicted molar refractivity (Wildman–Crippen MR) is 91.3 cm³/mol. The average Bonchev–Trinajstić information content (AvgIpc) is 3.01. The number of nitrogens with zero attached hydrogens (tertiary/aromatic N) is 3. The Hall–Kier alpha value is -2.54. The molecule has 0 spiro atoms. The number of nitrogens with one attached hydrogen (secondary N) is 1. The average molecular weight is 330 g/mol. The van der Waals surface area contributed by atoms with E-state index >= 15 is 0 Å². The maximum atomic E-state index is 12.7. The Morgan fingerprint density at radius 3 is 2.79 bits per heavy atom. The zero-order valence-corrected chi connectivity index (χ0v) is 14.2. The number of aryl methyl sites for hydroxylation is 1. The molecule has 0 bridgehead atoms. The second-order valence-corrected chi connectivity index (χ2v) is 5.96. The summed E-state index contributed by atoms with van der Waals surface area (Å²) >= 11 is 0. The van der Waals surface area contributed by atoms with Gasteiger partial charge in [0.15, 0.2) is 0 Å². The molecule has 0 saturated carbocycles. The molecule has 7 nitrogen and oxygen atoms in total. The van der Waals surface area contributed by atoms with Crippen LogP contribution in [0.15, 0.2) is 34.9 Å². The Balaban J connectivity index is 1.72. The minimum absolute atomic E-state index is 0.184. The van der Waals surface area contributed by atoms with Gasteiger partial charge in [-0.05, 0) is 31.2 Å². The summed E-state index contributed by atoms with van der Waals surface area (Å²) in [6.45, 7) is 3.34. The summed E-state index contributed by atoms with van der Waals surface area (Å²) in [6.07, 6.45) is 1.65. The van der Waals surface area contributed by atoms with E-state index in [4.69, 9.17) is 9.15 Å². The van der Waals surface area contributed by atoms with Crippen LogP contribution in [0.3, 0.4) is 0 Å². The number of urea groups is 1. The van der Waals surface area contributed by atoms with E-state index < -0.39 is 0 Å². The van der Waals surface area contributed by atoms with Crippen LogP contribution in [0.5, 0.6) is 0 Å². The number of ether oxygens (including phenoxy) is 1. The number of anilines is 2. The van der Waals surface area contributed by atoms with Crippen LogP contribution in [-0.4, -0.2) is 49.8 Å². The van der Waals surface area contributed by atoms with Crippen LogP contribution in [0.25, 0.3) is 0 Å². The third-order valence-corrected chi connectivity index (χ3v) is 3.94. The van der Waals surface area contributed by atoms with Crippen LogP contribution in [0.4, 0.5) is 16.3 Å². The lowest BCUT2D eigenvalue weighted by molar-refractivity contribution is 0.00710. The summed E-state index contributed by atoms with van der Waals surface area (Å²) in [4.78, 5) is 20.6. The monoisotopic (exact) mass is 330 g/mol. The highest BCUT2D eigenvalue weighted by molar-refractivity contribution is 5.89. The first-order chi connectivity index (χ1) is 11.5. The summed E-state index contributed by atoms with van der Waals surface area (Å²) in [7, 11) is 3.84. The number of carbonyl (C=O) groups excluding carboxylic acids is 1. The first-order valence-electron chi connectivity index (χ1n) is 7.89. The molecule has 24 heavy (non-hydrogen) atoms. The van der Waals surface area contributed by atoms with Crippen molar-refractivity contribution < 1.29 is 13.9 Å². The normalized spacial score (nSPS) is 17.6. The fourth-order valence-electron chi connectivity index (χ4n) is 2.63. The number of morpholine rings is 1. The highest BCUT2D eigenvalue weighted by Crippen LogP contribution is 2.26. The highest BCUT2D eigenvalue weighted by atomic mass is 16.5. The van der Waals surface area contributed by atoms with Gasteiger partial charge < -0.3 is 24.3 Å². The number of amides is 2. The molecule has 1 N–H and O–H groups in total. The van der Waals surface area contributed by atoms with Gasteiger partial charge in [0, 0.05) is 20.6 Å². The molecular weight excluding hydrogens is 308 g/mol. The topological polar surface area (TPSA) is 70.8 Å². The van der Waals surface area contributed by atoms with E-state index in [0.29, 0.717) is 25.4 Å². The molecule has 7 heteroatoms. The van der Waals surface area contributed by atoms with Crippen LogP contribution >= 0.6 is 0 Å². The second-order valence-electron chi connectivity index (χ2n) is 5.96. The number of hydrogen-bond acceptors (Lipinski definition) is 5. The van der Waals surface area contributed by atoms with Crippen molar-refractivity contribution in [3.05, 3.63) is 42.0 Å². The van der Waals surface area contributed by atoms with Crippen molar-refractivity contribution in [1.29, 1.82) is 0 Å². The Labute approximate surface area is 141 Å². The van der Waals surface area contributed by atoms with Gasteiger partial charge in [-0.15, -0.1) is 0 Å². The van der Waals surface area contributed by atoms with Crippen molar-refractivity contribution in [1.82, 2.24) is 9.88 Å². The van der Waals surface area contributed by atoms with Gasteiger partial charge in [0.2, 0.25) is 0 Å². The van der Waals surface area contributed by atoms with Crippen LogP contribution in [0, 0.1) is 6.92 Å². The fraction of sp³-hybridized carbons (Fsp3) is 0.412. The molecular formula is C17H22N4O3. The van der Waals surface area contributed by atoms with Gasteiger partial charge >= 0.3 is 6.03 Å². The zero-order chi connectivity index (χ0) is 17.1. The summed E-state index contributed by atoms with van der Waals surface area (Å²) in [6, 6.07) is 7.08. The maximum Gasteiger partial charge on any atom is 0.322 e. The number of carbonyl (C=O) groups is 1. The Morgan fingerprint density at radius 2 is 2.17 bits per heavy atom. The van der Waals surface area contributed by atoms with Gasteiger partial charge in [-0.3, -0.25) is 0 Å². The van der Waals surface area contributed by atoms with Gasteiger partial charge in [0.05, 0.1) is 25.1 Å². The van der Waals surface area contributed by atoms with Crippen LogP contribution < -0.4 is 10.2 Å². The lowest BCUT2D eigenvalue weighted by Crippen LogP contribution is -2.45. The van der Waals surface area contributed by atoms with Crippen molar-refractivity contribution in [2.75, 3.05) is 44.1 Å². The molecule has 1 saturated heterocycles. The summed E-state index contributed by atoms with van der Waals surface area (Å²) in [5, 5.41) is 2.89. The molecule has 0 aliphatic carbocycles. The Morgan fingerprint density at radius 1 is 1.33 bits per heavy atom. The van der Waals surface area contributed by atoms with Gasteiger partial charge in [-0.1, -0.05) is 0 Å². The highest BCUT2D eigenvalue weighted by Gasteiger charge is 2.30. The maximum absolute atomic E-state index is 12.7. The van der Waals surface area contributed by atoms with E-state index in [0.717, 1.165) is 17.3 Å². The van der Waals surface area contributed by atoms with E-state index in [1.54, 1.807) is 11.1 Å². The number of pyridine rings is 1. The molecule has 2 aromatic heterocycles. The van der Waals surface area contributed by atoms with Gasteiger partial charge in [-0.2, -0.15) is 0 Å². The lowest BCUT2D eigenvalue weighted by Gasteiger charge is -2.34. The number of rotatable bonds is 3. The molecule has 3 heterocycles. The van der Waals surface area contributed by atoms with E-state index in [2.05, 4.69) is 10.3 Å². The quantitative estimate of drug-likeness (QED) is 0.937. The molecule has 1 unspecified atom stereocenters. The third-order valence-electron chi connectivity index (χ3n) is 3.94. The molecule has 1 fully saturated rings. The summed E-state index contributed by atoms with van der Waals surface area (Å²) in [5.41, 5.74) is 0.659. The molecule has 128 valence electrons. The molecule has 0 aromatic carbocycles. The molecule has 2 aromatic rings. The van der Waals surface area contributed by atoms with Crippen LogP contribution in [0.1, 0.15) is 17.6 Å². The molecule has 1 atom stereocenters. The Kier molecular flexibility index (Phi) is 4.71. The SMILES string of the molecule is Cc1ccc(C2COCCN2C(=O)Nc2ccc(N(C)C)nc2)o1. The summed E-state index contributed by atoms with van der Waals surface area (Å²) < 4.78 is 11.2. The smallest absolute Gasteiger partial charge is 0.322 e. The van der Waals surface area contributed by atoms with E-state index in [1.165, 1.54) is 0 Å². The lowest BCUT2D eigenvalue weighted by atomic mass is 10.2. The number of hydrogen-bond donors (Lipinski definition) is 1. The zero-order valence-electron chi connectivity index (χ0n) is 14.2. The minimum Gasteiger partial charge on any atom is -0.464 e. The van der Waals surface area contributed by atoms with Gasteiger partial charge in [0.25, 0.3) is 0 Å². The van der Waals surface area contributed by atoms with Gasteiger partial charge in [0.1, 0.15) is 23.4 Å². The van der Waals surface area contributed by atoms with E-state index in [1.807, 2.05) is 50.2 Å². The first kappa shape index (κ1) is 16.3. The van der Waals surface area contributed by atoms with Crippen molar-refractivity contribution >= 4 is 17.5 Å². The fourth-order valence-corrected chi connectivity index (χ4v) is 2.63. The van der Waals surface area contributed by atoms with Crippen molar-refractivity contribution in [3.63, 3.8) is 0 Å². The molecule has 3 rings (SSSR count). The van der Waals surface area contributed by atoms with Crippen LogP contribution in [0.2, 0.25) is 0 Å². The van der Waals surface area contributed by atoms with Crippen molar-refractivity contribution in [2.45, 2.75) is 13.0 Å². The minimum atomic E-state index is -0.221. The van der Waals surface area contributed by atoms with E-state index in [9.17, 15) is 4.79 Å². The van der Waals surface area contributed by atoms with E-state index in [-0.39, 0.29) is 12.1 Å². The second kappa shape index (κ2) is 6.92. The number of furan rings is 1. The predicted octanol–water partition coefficient (Wildman–Crippen LogP) is 2.65. The molecule has 1 aliphatic heterocycles. The molecule has 2 amide bonds. The van der Waals surface area contributed by atoms with Crippen LogP contribution in [-0.2, 0) is 4.74 Å². The van der Waals surface area contributed by atoms with Gasteiger partial charge in [-0.25, -0.2) is 9.78 Å². The third kappa shape index (κ3) is 3.51. The van der Waals surface area contributed by atoms with Crippen molar-refractivity contribution in [2.24, 2.45) is 0 Å². The molecule has 1 aliphatic rings. The molecule has 0 radical (unpaired) electrons. The summed E-state index contributed by atoms with van der Waals surface area (Å²) in [5.74, 6) is 2.39. The first-order valence-corrected chi connectivity index (χ1v) is 7.89. The van der Waals surface area contributed by atoms with Crippen molar-refractivity contribution in [3.8, 4) is 0 Å². The Bertz CT molecular complexity index is 696. The number of aromatic nitrogens is 1.